The third kappa shape index (κ3) is 4.36. The number of aliphatic hydroxyl groups is 1. The summed E-state index contributed by atoms with van der Waals surface area (Å²) in [6.45, 7) is 6.85. The Morgan fingerprint density at radius 3 is 2.67 bits per heavy atom. The van der Waals surface area contributed by atoms with Crippen molar-refractivity contribution in [3.05, 3.63) is 0 Å². The second-order valence-electron chi connectivity index (χ2n) is 5.13. The maximum absolute atomic E-state index is 9.96. The summed E-state index contributed by atoms with van der Waals surface area (Å²) >= 11 is 2.00. The molecule has 2 heteroatoms. The molecule has 1 rings (SSSR count). The van der Waals surface area contributed by atoms with Crippen molar-refractivity contribution < 1.29 is 5.11 Å². The van der Waals surface area contributed by atoms with Crippen LogP contribution in [0.15, 0.2) is 0 Å². The zero-order valence-electron chi connectivity index (χ0n) is 10.4. The Bertz CT molecular complexity index is 170. The van der Waals surface area contributed by atoms with E-state index in [-0.39, 0.29) is 6.10 Å². The van der Waals surface area contributed by atoms with E-state index in [4.69, 9.17) is 0 Å². The maximum atomic E-state index is 9.96. The highest BCUT2D eigenvalue weighted by atomic mass is 32.2. The molecule has 3 atom stereocenters. The van der Waals surface area contributed by atoms with Crippen LogP contribution in [0.1, 0.15) is 46.5 Å². The minimum Gasteiger partial charge on any atom is -0.393 e. The van der Waals surface area contributed by atoms with Crippen LogP contribution in [0.4, 0.5) is 0 Å². The first-order valence-electron chi connectivity index (χ1n) is 6.41. The lowest BCUT2D eigenvalue weighted by Gasteiger charge is -2.35. The van der Waals surface area contributed by atoms with Crippen LogP contribution in [-0.2, 0) is 0 Å². The molecular weight excluding hydrogens is 204 g/mol. The van der Waals surface area contributed by atoms with Gasteiger partial charge in [0.05, 0.1) is 6.10 Å². The summed E-state index contributed by atoms with van der Waals surface area (Å²) in [7, 11) is 0. The van der Waals surface area contributed by atoms with Gasteiger partial charge in [0.2, 0.25) is 0 Å². The molecule has 0 radical (unpaired) electrons. The van der Waals surface area contributed by atoms with Gasteiger partial charge >= 0.3 is 0 Å². The topological polar surface area (TPSA) is 20.2 Å². The number of hydrogen-bond donors (Lipinski definition) is 1. The van der Waals surface area contributed by atoms with Crippen molar-refractivity contribution in [1.29, 1.82) is 0 Å². The third-order valence-corrected chi connectivity index (χ3v) is 4.70. The van der Waals surface area contributed by atoms with E-state index in [1.807, 2.05) is 11.8 Å². The minimum absolute atomic E-state index is 0.0162. The first kappa shape index (κ1) is 13.4. The monoisotopic (exact) mass is 230 g/mol. The van der Waals surface area contributed by atoms with Gasteiger partial charge in [0.15, 0.2) is 0 Å². The van der Waals surface area contributed by atoms with Gasteiger partial charge in [-0.2, -0.15) is 11.8 Å². The largest absolute Gasteiger partial charge is 0.393 e. The fraction of sp³-hybridized carbons (Fsp3) is 1.00. The third-order valence-electron chi connectivity index (χ3n) is 3.76. The van der Waals surface area contributed by atoms with E-state index in [1.54, 1.807) is 0 Å². The Morgan fingerprint density at radius 1 is 1.33 bits per heavy atom. The smallest absolute Gasteiger partial charge is 0.0568 e. The Kier molecular flexibility index (Phi) is 6.06. The van der Waals surface area contributed by atoms with Gasteiger partial charge in [-0.05, 0) is 54.9 Å². The molecular formula is C13H26OS. The molecule has 0 spiro atoms. The molecule has 0 saturated heterocycles. The van der Waals surface area contributed by atoms with Crippen molar-refractivity contribution in [1.82, 2.24) is 0 Å². The van der Waals surface area contributed by atoms with E-state index in [1.165, 1.54) is 30.8 Å². The highest BCUT2D eigenvalue weighted by Crippen LogP contribution is 2.35. The van der Waals surface area contributed by atoms with Crippen molar-refractivity contribution in [3.8, 4) is 0 Å². The lowest BCUT2D eigenvalue weighted by molar-refractivity contribution is 0.0365. The molecule has 1 N–H and O–H groups in total. The zero-order chi connectivity index (χ0) is 11.3. The van der Waals surface area contributed by atoms with Gasteiger partial charge in [-0.15, -0.1) is 0 Å². The highest BCUT2D eigenvalue weighted by Gasteiger charge is 2.29. The van der Waals surface area contributed by atoms with Crippen LogP contribution in [0.3, 0.4) is 0 Å². The molecule has 1 nitrogen and oxygen atoms in total. The summed E-state index contributed by atoms with van der Waals surface area (Å²) in [5, 5.41) is 9.96. The Morgan fingerprint density at radius 2 is 2.07 bits per heavy atom. The Labute approximate surface area is 99.0 Å². The van der Waals surface area contributed by atoms with Gasteiger partial charge in [0.25, 0.3) is 0 Å². The van der Waals surface area contributed by atoms with Gasteiger partial charge in [-0.25, -0.2) is 0 Å². The van der Waals surface area contributed by atoms with Crippen LogP contribution < -0.4 is 0 Å². The molecule has 90 valence electrons. The average Bonchev–Trinajstić information content (AvgIpc) is 2.20. The van der Waals surface area contributed by atoms with Crippen LogP contribution in [0.25, 0.3) is 0 Å². The molecule has 0 bridgehead atoms. The molecule has 1 fully saturated rings. The lowest BCUT2D eigenvalue weighted by atomic mass is 9.74. The van der Waals surface area contributed by atoms with E-state index in [0.29, 0.717) is 5.92 Å². The van der Waals surface area contributed by atoms with Crippen LogP contribution in [0, 0.1) is 17.8 Å². The van der Waals surface area contributed by atoms with Crippen LogP contribution in [-0.4, -0.2) is 22.7 Å². The molecule has 0 aromatic carbocycles. The number of hydrogen-bond acceptors (Lipinski definition) is 2. The molecule has 0 amide bonds. The standard InChI is InChI=1S/C13H26OS/c1-4-15-8-7-12-9-11(10(2)3)5-6-13(12)14/h10-14H,4-9H2,1-3H3. The second kappa shape index (κ2) is 6.80. The van der Waals surface area contributed by atoms with Gasteiger partial charge in [0, 0.05) is 0 Å². The average molecular weight is 230 g/mol. The summed E-state index contributed by atoms with van der Waals surface area (Å²) in [5.74, 6) is 4.65. The molecule has 1 aliphatic rings. The van der Waals surface area contributed by atoms with Gasteiger partial charge in [-0.1, -0.05) is 20.8 Å². The molecule has 0 aromatic rings. The summed E-state index contributed by atoms with van der Waals surface area (Å²) < 4.78 is 0. The number of aliphatic hydroxyl groups excluding tert-OH is 1. The van der Waals surface area contributed by atoms with Gasteiger partial charge in [-0.3, -0.25) is 0 Å². The summed E-state index contributed by atoms with van der Waals surface area (Å²) in [6.07, 6.45) is 4.71. The van der Waals surface area contributed by atoms with Crippen molar-refractivity contribution in [2.24, 2.45) is 17.8 Å². The van der Waals surface area contributed by atoms with E-state index in [2.05, 4.69) is 20.8 Å². The zero-order valence-corrected chi connectivity index (χ0v) is 11.2. The van der Waals surface area contributed by atoms with E-state index in [0.717, 1.165) is 18.3 Å². The SMILES string of the molecule is CCSCCC1CC(C(C)C)CCC1O. The molecule has 3 unspecified atom stereocenters. The summed E-state index contributed by atoms with van der Waals surface area (Å²) in [5.41, 5.74) is 0. The van der Waals surface area contributed by atoms with Crippen molar-refractivity contribution >= 4 is 11.8 Å². The number of thioether (sulfide) groups is 1. The predicted molar refractivity (Wildman–Crippen MR) is 69.3 cm³/mol. The lowest BCUT2D eigenvalue weighted by Crippen LogP contribution is -2.31. The quantitative estimate of drug-likeness (QED) is 0.729. The van der Waals surface area contributed by atoms with Crippen molar-refractivity contribution in [2.75, 3.05) is 11.5 Å². The van der Waals surface area contributed by atoms with Gasteiger partial charge < -0.3 is 5.11 Å². The molecule has 15 heavy (non-hydrogen) atoms. The van der Waals surface area contributed by atoms with Crippen molar-refractivity contribution in [2.45, 2.75) is 52.6 Å². The predicted octanol–water partition coefficient (Wildman–Crippen LogP) is 3.56. The second-order valence-corrected chi connectivity index (χ2v) is 6.52. The van der Waals surface area contributed by atoms with Crippen LogP contribution in [0.2, 0.25) is 0 Å². The molecule has 1 saturated carbocycles. The van der Waals surface area contributed by atoms with E-state index in [9.17, 15) is 5.11 Å². The first-order chi connectivity index (χ1) is 7.15. The van der Waals surface area contributed by atoms with E-state index < -0.39 is 0 Å². The Hall–Kier alpha value is 0.310. The van der Waals surface area contributed by atoms with E-state index >= 15 is 0 Å². The normalized spacial score (nSPS) is 32.2. The van der Waals surface area contributed by atoms with Crippen molar-refractivity contribution in [3.63, 3.8) is 0 Å². The summed E-state index contributed by atoms with van der Waals surface area (Å²) in [4.78, 5) is 0. The highest BCUT2D eigenvalue weighted by molar-refractivity contribution is 7.99. The number of rotatable bonds is 5. The molecule has 0 aromatic heterocycles. The molecule has 0 heterocycles. The molecule has 1 aliphatic carbocycles. The minimum atomic E-state index is -0.0162. The summed E-state index contributed by atoms with van der Waals surface area (Å²) in [6, 6.07) is 0. The maximum Gasteiger partial charge on any atom is 0.0568 e. The first-order valence-corrected chi connectivity index (χ1v) is 7.56. The fourth-order valence-electron chi connectivity index (χ4n) is 2.58. The Balaban J connectivity index is 2.32. The van der Waals surface area contributed by atoms with Gasteiger partial charge in [0.1, 0.15) is 0 Å². The van der Waals surface area contributed by atoms with Crippen LogP contribution in [0.5, 0.6) is 0 Å². The fourth-order valence-corrected chi connectivity index (χ4v) is 3.34. The van der Waals surface area contributed by atoms with Crippen LogP contribution >= 0.6 is 11.8 Å². The molecule has 0 aliphatic heterocycles.